The number of nitrogens with zero attached hydrogens (tertiary/aromatic N) is 2. The molecule has 0 radical (unpaired) electrons. The molecular formula is C22H29ClN2O4. The van der Waals surface area contributed by atoms with Crippen molar-refractivity contribution in [1.82, 2.24) is 4.90 Å². The number of anilines is 1. The number of methoxy groups -OCH3 is 2. The molecule has 158 valence electrons. The van der Waals surface area contributed by atoms with E-state index in [1.54, 1.807) is 14.2 Å². The first-order valence-corrected chi connectivity index (χ1v) is 10.2. The average molecular weight is 421 g/mol. The molecule has 1 saturated heterocycles. The smallest absolute Gasteiger partial charge is 0.161 e. The number of β-amino-alcohol motifs (C(OH)–C–C–N with tert-alkyl or cyclic N) is 1. The molecule has 1 N–H and O–H groups in total. The van der Waals surface area contributed by atoms with E-state index in [9.17, 15) is 5.11 Å². The largest absolute Gasteiger partial charge is 0.493 e. The standard InChI is InChI=1S/C22H29ClN2O4/c1-27-21-7-6-17(12-22(21)28-2)15-29-16-20(26)14-24-8-10-25(11-9-24)19-5-3-4-18(23)13-19/h3-7,12-13,20,26H,8-11,14-16H2,1-2H3/t20-/m1/s1. The molecule has 6 nitrogen and oxygen atoms in total. The summed E-state index contributed by atoms with van der Waals surface area (Å²) in [5.41, 5.74) is 2.13. The van der Waals surface area contributed by atoms with Gasteiger partial charge in [0.05, 0.1) is 33.5 Å². The van der Waals surface area contributed by atoms with Gasteiger partial charge in [-0.3, -0.25) is 4.90 Å². The van der Waals surface area contributed by atoms with Gasteiger partial charge in [0.1, 0.15) is 0 Å². The monoisotopic (exact) mass is 420 g/mol. The third-order valence-electron chi connectivity index (χ3n) is 5.04. The highest BCUT2D eigenvalue weighted by Gasteiger charge is 2.19. The molecule has 1 aliphatic rings. The Morgan fingerprint density at radius 3 is 2.45 bits per heavy atom. The number of aliphatic hydroxyl groups excluding tert-OH is 1. The highest BCUT2D eigenvalue weighted by atomic mass is 35.5. The van der Waals surface area contributed by atoms with Gasteiger partial charge in [0, 0.05) is 43.4 Å². The van der Waals surface area contributed by atoms with E-state index < -0.39 is 6.10 Å². The first kappa shape index (κ1) is 21.7. The molecule has 1 fully saturated rings. The molecule has 2 aromatic carbocycles. The molecule has 0 aromatic heterocycles. The van der Waals surface area contributed by atoms with Crippen molar-refractivity contribution in [2.75, 3.05) is 58.5 Å². The van der Waals surface area contributed by atoms with Crippen molar-refractivity contribution in [3.63, 3.8) is 0 Å². The zero-order valence-corrected chi connectivity index (χ0v) is 17.8. The van der Waals surface area contributed by atoms with Gasteiger partial charge in [-0.05, 0) is 35.9 Å². The lowest BCUT2D eigenvalue weighted by molar-refractivity contribution is 0.00909. The van der Waals surface area contributed by atoms with Crippen LogP contribution in [0.2, 0.25) is 5.02 Å². The maximum absolute atomic E-state index is 10.3. The van der Waals surface area contributed by atoms with Crippen molar-refractivity contribution in [2.45, 2.75) is 12.7 Å². The fourth-order valence-corrected chi connectivity index (χ4v) is 3.68. The van der Waals surface area contributed by atoms with E-state index in [0.29, 0.717) is 31.3 Å². The van der Waals surface area contributed by atoms with Crippen LogP contribution in [0.5, 0.6) is 11.5 Å². The van der Waals surface area contributed by atoms with E-state index in [2.05, 4.69) is 15.9 Å². The number of aliphatic hydroxyl groups is 1. The van der Waals surface area contributed by atoms with Crippen molar-refractivity contribution in [3.05, 3.63) is 53.1 Å². The molecule has 2 aromatic rings. The van der Waals surface area contributed by atoms with Crippen molar-refractivity contribution in [2.24, 2.45) is 0 Å². The highest BCUT2D eigenvalue weighted by Crippen LogP contribution is 2.27. The molecule has 1 aliphatic heterocycles. The molecule has 0 bridgehead atoms. The average Bonchev–Trinajstić information content (AvgIpc) is 2.74. The minimum atomic E-state index is -0.520. The molecule has 0 amide bonds. The second-order valence-electron chi connectivity index (χ2n) is 7.13. The van der Waals surface area contributed by atoms with Gasteiger partial charge in [0.15, 0.2) is 11.5 Å². The zero-order valence-electron chi connectivity index (χ0n) is 17.0. The molecule has 29 heavy (non-hydrogen) atoms. The van der Waals surface area contributed by atoms with Crippen LogP contribution < -0.4 is 14.4 Å². The van der Waals surface area contributed by atoms with E-state index in [4.69, 9.17) is 25.8 Å². The van der Waals surface area contributed by atoms with Gasteiger partial charge in [-0.1, -0.05) is 23.7 Å². The van der Waals surface area contributed by atoms with E-state index in [0.717, 1.165) is 42.5 Å². The summed E-state index contributed by atoms with van der Waals surface area (Å²) in [5, 5.41) is 11.1. The molecule has 1 heterocycles. The van der Waals surface area contributed by atoms with E-state index in [1.807, 2.05) is 36.4 Å². The molecule has 1 atom stereocenters. The topological polar surface area (TPSA) is 54.4 Å². The fourth-order valence-electron chi connectivity index (χ4n) is 3.50. The Morgan fingerprint density at radius 2 is 1.76 bits per heavy atom. The van der Waals surface area contributed by atoms with Gasteiger partial charge >= 0.3 is 0 Å². The summed E-state index contributed by atoms with van der Waals surface area (Å²) in [7, 11) is 3.22. The summed E-state index contributed by atoms with van der Waals surface area (Å²) >= 11 is 6.09. The van der Waals surface area contributed by atoms with Crippen LogP contribution in [-0.2, 0) is 11.3 Å². The lowest BCUT2D eigenvalue weighted by atomic mass is 10.2. The molecule has 3 rings (SSSR count). The van der Waals surface area contributed by atoms with Crippen molar-refractivity contribution >= 4 is 17.3 Å². The number of halogens is 1. The summed E-state index contributed by atoms with van der Waals surface area (Å²) in [6.45, 7) is 4.95. The maximum Gasteiger partial charge on any atom is 0.161 e. The van der Waals surface area contributed by atoms with Crippen LogP contribution >= 0.6 is 11.6 Å². The second-order valence-corrected chi connectivity index (χ2v) is 7.56. The predicted octanol–water partition coefficient (Wildman–Crippen LogP) is 3.06. The van der Waals surface area contributed by atoms with Crippen molar-refractivity contribution in [3.8, 4) is 11.5 Å². The van der Waals surface area contributed by atoms with Gasteiger partial charge < -0.3 is 24.2 Å². The minimum absolute atomic E-state index is 0.294. The number of benzene rings is 2. The van der Waals surface area contributed by atoms with Gasteiger partial charge in [0.25, 0.3) is 0 Å². The van der Waals surface area contributed by atoms with Gasteiger partial charge in [-0.2, -0.15) is 0 Å². The Kier molecular flexibility index (Phi) is 8.00. The number of hydrogen-bond acceptors (Lipinski definition) is 6. The first-order valence-electron chi connectivity index (χ1n) is 9.78. The first-order chi connectivity index (χ1) is 14.1. The van der Waals surface area contributed by atoms with Crippen LogP contribution in [0.25, 0.3) is 0 Å². The van der Waals surface area contributed by atoms with Crippen LogP contribution in [0.1, 0.15) is 5.56 Å². The maximum atomic E-state index is 10.3. The Balaban J connectivity index is 1.39. The summed E-state index contributed by atoms with van der Waals surface area (Å²) in [6, 6.07) is 13.6. The fraction of sp³-hybridized carbons (Fsp3) is 0.455. The Labute approximate surface area is 177 Å². The number of ether oxygens (including phenoxy) is 3. The van der Waals surface area contributed by atoms with Crippen LogP contribution in [0, 0.1) is 0 Å². The Morgan fingerprint density at radius 1 is 1.00 bits per heavy atom. The van der Waals surface area contributed by atoms with Gasteiger partial charge in [-0.15, -0.1) is 0 Å². The lowest BCUT2D eigenvalue weighted by Gasteiger charge is -2.36. The van der Waals surface area contributed by atoms with Gasteiger partial charge in [-0.25, -0.2) is 0 Å². The number of hydrogen-bond donors (Lipinski definition) is 1. The van der Waals surface area contributed by atoms with Crippen molar-refractivity contribution < 1.29 is 19.3 Å². The number of piperazine rings is 1. The van der Waals surface area contributed by atoms with Gasteiger partial charge in [0.2, 0.25) is 0 Å². The quantitative estimate of drug-likeness (QED) is 0.673. The summed E-state index contributed by atoms with van der Waals surface area (Å²) in [5.74, 6) is 1.36. The van der Waals surface area contributed by atoms with Crippen LogP contribution in [0.15, 0.2) is 42.5 Å². The van der Waals surface area contributed by atoms with Crippen LogP contribution in [0.3, 0.4) is 0 Å². The van der Waals surface area contributed by atoms with Crippen LogP contribution in [-0.4, -0.2) is 69.7 Å². The predicted molar refractivity (Wildman–Crippen MR) is 115 cm³/mol. The molecule has 7 heteroatoms. The highest BCUT2D eigenvalue weighted by molar-refractivity contribution is 6.30. The summed E-state index contributed by atoms with van der Waals surface area (Å²) < 4.78 is 16.2. The molecular weight excluding hydrogens is 392 g/mol. The normalized spacial score (nSPS) is 15.9. The molecule has 0 spiro atoms. The Hall–Kier alpha value is -1.99. The van der Waals surface area contributed by atoms with Crippen LogP contribution in [0.4, 0.5) is 5.69 Å². The summed E-state index contributed by atoms with van der Waals surface area (Å²) in [6.07, 6.45) is -0.520. The molecule has 0 unspecified atom stereocenters. The van der Waals surface area contributed by atoms with Crippen molar-refractivity contribution in [1.29, 1.82) is 0 Å². The van der Waals surface area contributed by atoms with E-state index >= 15 is 0 Å². The molecule has 0 aliphatic carbocycles. The third kappa shape index (κ3) is 6.24. The lowest BCUT2D eigenvalue weighted by Crippen LogP contribution is -2.49. The van der Waals surface area contributed by atoms with E-state index in [1.165, 1.54) is 0 Å². The summed E-state index contributed by atoms with van der Waals surface area (Å²) in [4.78, 5) is 4.59. The van der Waals surface area contributed by atoms with E-state index in [-0.39, 0.29) is 0 Å². The minimum Gasteiger partial charge on any atom is -0.493 e. The third-order valence-corrected chi connectivity index (χ3v) is 5.28. The SMILES string of the molecule is COc1ccc(COC[C@H](O)CN2CCN(c3cccc(Cl)c3)CC2)cc1OC. The molecule has 0 saturated carbocycles. The second kappa shape index (κ2) is 10.7. The number of rotatable bonds is 9. The Bertz CT molecular complexity index is 781. The zero-order chi connectivity index (χ0) is 20.6.